The molecule has 1 unspecified atom stereocenters. The number of hydrogen-bond acceptors (Lipinski definition) is 4. The Morgan fingerprint density at radius 3 is 2.50 bits per heavy atom. The van der Waals surface area contributed by atoms with Crippen molar-refractivity contribution in [3.05, 3.63) is 58.1 Å². The Morgan fingerprint density at radius 2 is 1.84 bits per heavy atom. The Morgan fingerprint density at radius 1 is 1.16 bits per heavy atom. The van der Waals surface area contributed by atoms with Crippen molar-refractivity contribution in [2.45, 2.75) is 50.0 Å². The number of ether oxygens (including phenoxy) is 1. The fourth-order valence-electron chi connectivity index (χ4n) is 4.74. The average Bonchev–Trinajstić information content (AvgIpc) is 3.41. The molecule has 2 amide bonds. The van der Waals surface area contributed by atoms with E-state index in [0.29, 0.717) is 18.0 Å². The maximum Gasteiger partial charge on any atom is 0.354 e. The summed E-state index contributed by atoms with van der Waals surface area (Å²) in [6.45, 7) is 2.06. The number of aryl methyl sites for hydroxylation is 2. The van der Waals surface area contributed by atoms with Gasteiger partial charge < -0.3 is 10.1 Å². The van der Waals surface area contributed by atoms with Crippen LogP contribution in [0.15, 0.2) is 39.6 Å². The van der Waals surface area contributed by atoms with Gasteiger partial charge in [0, 0.05) is 25.9 Å². The number of amides is 2. The third-order valence-corrected chi connectivity index (χ3v) is 7.66. The number of rotatable bonds is 7. The van der Waals surface area contributed by atoms with Gasteiger partial charge >= 0.3 is 6.03 Å². The van der Waals surface area contributed by atoms with E-state index in [1.54, 1.807) is 25.3 Å². The summed E-state index contributed by atoms with van der Waals surface area (Å²) in [7, 11) is 0.292. The van der Waals surface area contributed by atoms with Crippen LogP contribution in [0.4, 0.5) is 10.5 Å². The third-order valence-electron chi connectivity index (χ3n) is 6.29. The van der Waals surface area contributed by atoms with Crippen LogP contribution in [0.3, 0.4) is 0 Å². The van der Waals surface area contributed by atoms with E-state index in [-0.39, 0.29) is 0 Å². The number of fused-ring (bicyclic) bond motifs is 2. The van der Waals surface area contributed by atoms with Crippen molar-refractivity contribution in [2.75, 3.05) is 32.6 Å². The number of hydrogen-bond donors (Lipinski definition) is 2. The van der Waals surface area contributed by atoms with Gasteiger partial charge in [-0.3, -0.25) is 4.90 Å². The summed E-state index contributed by atoms with van der Waals surface area (Å²) in [6.07, 6.45) is 6.18. The second-order valence-corrected chi connectivity index (χ2v) is 10.5. The minimum absolute atomic E-state index is 0.355. The van der Waals surface area contributed by atoms with Crippen molar-refractivity contribution in [3.63, 3.8) is 0 Å². The molecule has 32 heavy (non-hydrogen) atoms. The predicted octanol–water partition coefficient (Wildman–Crippen LogP) is 3.67. The Kier molecular flexibility index (Phi) is 6.95. The van der Waals surface area contributed by atoms with Crippen LogP contribution >= 0.6 is 0 Å². The number of carbonyl (C=O) groups is 1. The standard InChI is InChI=1S/C24H32N4O3S/c1-28(12-13-31-2)16-17-6-3-9-20(14-17)32(25,30)27-24(29)26-23-21-10-4-7-18(21)15-19-8-5-11-22(19)23/h3,6,9,14-15H,4-5,7-8,10-13,16H2,1-2H3,(H3,25,26,27,29,30). The topological polar surface area (TPSA) is 97.0 Å². The van der Waals surface area contributed by atoms with Crippen LogP contribution in [0.1, 0.15) is 40.7 Å². The number of nitrogens with zero attached hydrogens (tertiary/aromatic N) is 2. The first kappa shape index (κ1) is 22.9. The molecule has 172 valence electrons. The molecule has 0 heterocycles. The number of nitrogens with one attached hydrogen (secondary N) is 1. The molecule has 0 fully saturated rings. The monoisotopic (exact) mass is 456 g/mol. The van der Waals surface area contributed by atoms with Gasteiger partial charge in [0.15, 0.2) is 0 Å². The van der Waals surface area contributed by atoms with Crippen molar-refractivity contribution in [1.82, 2.24) is 4.90 Å². The fraction of sp³-hybridized carbons (Fsp3) is 0.458. The average molecular weight is 457 g/mol. The molecule has 8 heteroatoms. The van der Waals surface area contributed by atoms with Gasteiger partial charge in [0.25, 0.3) is 0 Å². The zero-order valence-corrected chi connectivity index (χ0v) is 19.7. The van der Waals surface area contributed by atoms with E-state index in [1.165, 1.54) is 22.3 Å². The predicted molar refractivity (Wildman–Crippen MR) is 127 cm³/mol. The minimum Gasteiger partial charge on any atom is -0.383 e. The van der Waals surface area contributed by atoms with Crippen LogP contribution in [-0.4, -0.2) is 42.4 Å². The lowest BCUT2D eigenvalue weighted by atomic mass is 9.99. The number of carbonyl (C=O) groups excluding carboxylic acids is 1. The minimum atomic E-state index is -3.36. The number of methoxy groups -OCH3 is 1. The largest absolute Gasteiger partial charge is 0.383 e. The van der Waals surface area contributed by atoms with Gasteiger partial charge in [-0.2, -0.15) is 0 Å². The van der Waals surface area contributed by atoms with Crippen molar-refractivity contribution in [3.8, 4) is 0 Å². The third kappa shape index (κ3) is 5.04. The summed E-state index contributed by atoms with van der Waals surface area (Å²) in [6, 6.07) is 8.83. The van der Waals surface area contributed by atoms with Gasteiger partial charge in [0.05, 0.1) is 11.5 Å². The molecule has 7 nitrogen and oxygen atoms in total. The van der Waals surface area contributed by atoms with Gasteiger partial charge in [-0.05, 0) is 85.5 Å². The molecule has 0 aliphatic heterocycles. The molecular weight excluding hydrogens is 424 g/mol. The highest BCUT2D eigenvalue weighted by atomic mass is 32.2. The van der Waals surface area contributed by atoms with E-state index in [2.05, 4.69) is 20.6 Å². The first-order valence-corrected chi connectivity index (χ1v) is 12.7. The Hall–Kier alpha value is -2.26. The lowest BCUT2D eigenvalue weighted by Crippen LogP contribution is -2.23. The number of anilines is 1. The van der Waals surface area contributed by atoms with Crippen LogP contribution < -0.4 is 10.5 Å². The highest BCUT2D eigenvalue weighted by Crippen LogP contribution is 2.38. The second-order valence-electron chi connectivity index (χ2n) is 8.70. The number of urea groups is 1. The van der Waals surface area contributed by atoms with Crippen LogP contribution in [0.5, 0.6) is 0 Å². The van der Waals surface area contributed by atoms with E-state index < -0.39 is 15.9 Å². The number of likely N-dealkylation sites (N-methyl/N-ethyl adjacent to an activating group) is 1. The first-order valence-electron chi connectivity index (χ1n) is 11.2. The molecule has 0 radical (unpaired) electrons. The van der Waals surface area contributed by atoms with Crippen LogP contribution in [0.25, 0.3) is 0 Å². The summed E-state index contributed by atoms with van der Waals surface area (Å²) in [5.41, 5.74) is 6.88. The summed E-state index contributed by atoms with van der Waals surface area (Å²) in [5.74, 6) is 0. The Labute approximate surface area is 190 Å². The number of benzene rings is 2. The molecule has 2 aliphatic carbocycles. The van der Waals surface area contributed by atoms with E-state index in [1.807, 2.05) is 13.1 Å². The molecule has 1 atom stereocenters. The van der Waals surface area contributed by atoms with Crippen LogP contribution in [0.2, 0.25) is 0 Å². The Balaban J connectivity index is 1.55. The molecule has 0 spiro atoms. The van der Waals surface area contributed by atoms with Crippen LogP contribution in [0, 0.1) is 0 Å². The molecule has 3 N–H and O–H groups in total. The lowest BCUT2D eigenvalue weighted by Gasteiger charge is -2.17. The maximum atomic E-state index is 13.2. The maximum absolute atomic E-state index is 13.2. The molecule has 2 aromatic rings. The molecule has 4 rings (SSSR count). The fourth-order valence-corrected chi connectivity index (χ4v) is 5.73. The molecular formula is C24H32N4O3S. The SMILES string of the molecule is COCCN(C)Cc1cccc(S(N)(=O)=NC(=O)Nc2c3c(cc4c2CCC4)CCC3)c1. The van der Waals surface area contributed by atoms with Crippen molar-refractivity contribution in [2.24, 2.45) is 9.50 Å². The van der Waals surface area contributed by atoms with E-state index in [4.69, 9.17) is 9.88 Å². The molecule has 0 aromatic heterocycles. The van der Waals surface area contributed by atoms with Gasteiger partial charge in [-0.15, -0.1) is 4.36 Å². The molecule has 2 aromatic carbocycles. The van der Waals surface area contributed by atoms with Crippen molar-refractivity contribution >= 4 is 21.6 Å². The quantitative estimate of drug-likeness (QED) is 0.664. The zero-order valence-electron chi connectivity index (χ0n) is 18.9. The summed E-state index contributed by atoms with van der Waals surface area (Å²) in [4.78, 5) is 15.3. The summed E-state index contributed by atoms with van der Waals surface area (Å²) < 4.78 is 22.2. The zero-order chi connectivity index (χ0) is 22.7. The van der Waals surface area contributed by atoms with Gasteiger partial charge in [0.1, 0.15) is 9.92 Å². The van der Waals surface area contributed by atoms with E-state index in [0.717, 1.165) is 56.3 Å². The first-order chi connectivity index (χ1) is 15.4. The molecule has 2 aliphatic rings. The van der Waals surface area contributed by atoms with Gasteiger partial charge in [0.2, 0.25) is 0 Å². The smallest absolute Gasteiger partial charge is 0.354 e. The van der Waals surface area contributed by atoms with Gasteiger partial charge in [-0.1, -0.05) is 18.2 Å². The van der Waals surface area contributed by atoms with Crippen molar-refractivity contribution < 1.29 is 13.7 Å². The highest BCUT2D eigenvalue weighted by Gasteiger charge is 2.25. The molecule has 0 saturated heterocycles. The van der Waals surface area contributed by atoms with E-state index in [9.17, 15) is 9.00 Å². The second kappa shape index (κ2) is 9.70. The van der Waals surface area contributed by atoms with E-state index >= 15 is 0 Å². The normalized spacial score (nSPS) is 16.5. The Bertz CT molecular complexity index is 1110. The summed E-state index contributed by atoms with van der Waals surface area (Å²) in [5, 5.41) is 9.02. The molecule has 0 bridgehead atoms. The lowest BCUT2D eigenvalue weighted by molar-refractivity contribution is 0.158. The molecule has 0 saturated carbocycles. The van der Waals surface area contributed by atoms with Crippen LogP contribution in [-0.2, 0) is 46.9 Å². The van der Waals surface area contributed by atoms with Crippen molar-refractivity contribution in [1.29, 1.82) is 0 Å². The van der Waals surface area contributed by atoms with Gasteiger partial charge in [-0.25, -0.2) is 14.1 Å². The number of nitrogens with two attached hydrogens (primary N) is 1. The highest BCUT2D eigenvalue weighted by molar-refractivity contribution is 7.91. The summed E-state index contributed by atoms with van der Waals surface area (Å²) >= 11 is 0.